The van der Waals surface area contributed by atoms with Crippen LogP contribution < -0.4 is 10.9 Å². The topological polar surface area (TPSA) is 97.7 Å². The van der Waals surface area contributed by atoms with Gasteiger partial charge in [-0.3, -0.25) is 9.59 Å². The molecule has 8 nitrogen and oxygen atoms in total. The maximum atomic E-state index is 12.7. The van der Waals surface area contributed by atoms with Gasteiger partial charge in [0.15, 0.2) is 0 Å². The molecular formula is C17H18ClN3O5S. The van der Waals surface area contributed by atoms with Crippen molar-refractivity contribution < 1.29 is 17.9 Å². The van der Waals surface area contributed by atoms with Crippen LogP contribution in [0.4, 0.5) is 5.69 Å². The van der Waals surface area contributed by atoms with Gasteiger partial charge in [-0.1, -0.05) is 17.7 Å². The molecule has 10 heteroatoms. The van der Waals surface area contributed by atoms with Crippen LogP contribution in [-0.2, 0) is 26.1 Å². The summed E-state index contributed by atoms with van der Waals surface area (Å²) in [7, 11) is -3.71. The first-order valence-electron chi connectivity index (χ1n) is 8.21. The monoisotopic (exact) mass is 411 g/mol. The molecule has 1 fully saturated rings. The second-order valence-electron chi connectivity index (χ2n) is 5.87. The van der Waals surface area contributed by atoms with E-state index in [0.717, 1.165) is 0 Å². The summed E-state index contributed by atoms with van der Waals surface area (Å²) < 4.78 is 33.2. The van der Waals surface area contributed by atoms with Crippen molar-refractivity contribution in [2.75, 3.05) is 31.6 Å². The summed E-state index contributed by atoms with van der Waals surface area (Å²) in [4.78, 5) is 24.0. The van der Waals surface area contributed by atoms with Gasteiger partial charge in [0.25, 0.3) is 5.56 Å². The molecule has 1 aliphatic rings. The van der Waals surface area contributed by atoms with Crippen molar-refractivity contribution >= 4 is 33.2 Å². The highest BCUT2D eigenvalue weighted by atomic mass is 35.5. The number of rotatable bonds is 5. The Bertz CT molecular complexity index is 1000. The van der Waals surface area contributed by atoms with Crippen molar-refractivity contribution in [2.45, 2.75) is 11.4 Å². The fraction of sp³-hybridized carbons (Fsp3) is 0.294. The number of hydrogen-bond donors (Lipinski definition) is 1. The van der Waals surface area contributed by atoms with E-state index in [1.807, 2.05) is 0 Å². The molecule has 0 spiro atoms. The summed E-state index contributed by atoms with van der Waals surface area (Å²) in [5, 5.41) is 2.76. The summed E-state index contributed by atoms with van der Waals surface area (Å²) in [5.74, 6) is -0.494. The van der Waals surface area contributed by atoms with Crippen LogP contribution >= 0.6 is 11.6 Å². The van der Waals surface area contributed by atoms with Crippen molar-refractivity contribution in [1.29, 1.82) is 0 Å². The minimum Gasteiger partial charge on any atom is -0.379 e. The lowest BCUT2D eigenvalue weighted by Gasteiger charge is -2.26. The van der Waals surface area contributed by atoms with Gasteiger partial charge in [0.05, 0.1) is 28.8 Å². The Kier molecular flexibility index (Phi) is 5.95. The molecule has 2 heterocycles. The summed E-state index contributed by atoms with van der Waals surface area (Å²) in [6.45, 7) is 0.994. The van der Waals surface area contributed by atoms with Crippen molar-refractivity contribution in [3.63, 3.8) is 0 Å². The van der Waals surface area contributed by atoms with Gasteiger partial charge in [-0.2, -0.15) is 4.31 Å². The van der Waals surface area contributed by atoms with E-state index < -0.39 is 15.9 Å². The largest absolute Gasteiger partial charge is 0.379 e. The number of nitrogens with one attached hydrogen (secondary N) is 1. The Hall–Kier alpha value is -2.20. The number of anilines is 1. The van der Waals surface area contributed by atoms with Gasteiger partial charge < -0.3 is 14.6 Å². The van der Waals surface area contributed by atoms with E-state index in [-0.39, 0.29) is 40.8 Å². The van der Waals surface area contributed by atoms with E-state index in [0.29, 0.717) is 13.2 Å². The van der Waals surface area contributed by atoms with Gasteiger partial charge in [0, 0.05) is 25.4 Å². The number of nitrogens with zero attached hydrogens (tertiary/aromatic N) is 2. The molecule has 3 rings (SSSR count). The molecule has 144 valence electrons. The lowest BCUT2D eigenvalue weighted by atomic mass is 10.3. The molecule has 0 radical (unpaired) electrons. The van der Waals surface area contributed by atoms with E-state index in [9.17, 15) is 18.0 Å². The molecule has 1 aromatic heterocycles. The third-order valence-corrected chi connectivity index (χ3v) is 6.26. The molecule has 1 aromatic carbocycles. The third-order valence-electron chi connectivity index (χ3n) is 4.03. The minimum atomic E-state index is -3.71. The second-order valence-corrected chi connectivity index (χ2v) is 8.22. The van der Waals surface area contributed by atoms with Crippen molar-refractivity contribution in [3.8, 4) is 0 Å². The van der Waals surface area contributed by atoms with E-state index in [1.54, 1.807) is 12.1 Å². The molecule has 0 saturated carbocycles. The van der Waals surface area contributed by atoms with E-state index >= 15 is 0 Å². The molecule has 0 bridgehead atoms. The van der Waals surface area contributed by atoms with Gasteiger partial charge >= 0.3 is 0 Å². The summed E-state index contributed by atoms with van der Waals surface area (Å²) >= 11 is 6.10. The van der Waals surface area contributed by atoms with E-state index in [4.69, 9.17) is 16.3 Å². The normalized spacial score (nSPS) is 15.4. The molecular weight excluding hydrogens is 394 g/mol. The fourth-order valence-corrected chi connectivity index (χ4v) is 4.23. The lowest BCUT2D eigenvalue weighted by molar-refractivity contribution is -0.116. The number of ether oxygens (including phenoxy) is 1. The SMILES string of the molecule is O=C(Cn1ccccc1=O)Nc1cc(S(=O)(=O)N2CCOCC2)ccc1Cl. The molecule has 1 saturated heterocycles. The molecule has 0 atom stereocenters. The van der Waals surface area contributed by atoms with Crippen LogP contribution in [0.1, 0.15) is 0 Å². The van der Waals surface area contributed by atoms with Crippen molar-refractivity contribution in [2.24, 2.45) is 0 Å². The second kappa shape index (κ2) is 8.22. The molecule has 27 heavy (non-hydrogen) atoms. The smallest absolute Gasteiger partial charge is 0.250 e. The number of halogens is 1. The molecule has 1 aliphatic heterocycles. The van der Waals surface area contributed by atoms with Gasteiger partial charge in [-0.05, 0) is 24.3 Å². The average Bonchev–Trinajstić information content (AvgIpc) is 2.66. The van der Waals surface area contributed by atoms with Crippen molar-refractivity contribution in [1.82, 2.24) is 8.87 Å². The number of hydrogen-bond acceptors (Lipinski definition) is 5. The first-order valence-corrected chi connectivity index (χ1v) is 10.0. The van der Waals surface area contributed by atoms with Gasteiger partial charge in [0.2, 0.25) is 15.9 Å². The fourth-order valence-electron chi connectivity index (χ4n) is 2.63. The van der Waals surface area contributed by atoms with Crippen LogP contribution in [0, 0.1) is 0 Å². The number of benzene rings is 1. The van der Waals surface area contributed by atoms with Gasteiger partial charge in [-0.15, -0.1) is 0 Å². The molecule has 1 N–H and O–H groups in total. The highest BCUT2D eigenvalue weighted by molar-refractivity contribution is 7.89. The number of amides is 1. The van der Waals surface area contributed by atoms with Crippen molar-refractivity contribution in [3.05, 3.63) is 58.0 Å². The van der Waals surface area contributed by atoms with Gasteiger partial charge in [-0.25, -0.2) is 8.42 Å². The molecule has 1 amide bonds. The highest BCUT2D eigenvalue weighted by Crippen LogP contribution is 2.27. The van der Waals surface area contributed by atoms with Crippen LogP contribution in [-0.4, -0.2) is 49.5 Å². The third kappa shape index (κ3) is 4.56. The number of carbonyl (C=O) groups is 1. The van der Waals surface area contributed by atoms with E-state index in [2.05, 4.69) is 5.32 Å². The number of carbonyl (C=O) groups excluding carboxylic acids is 1. The minimum absolute atomic E-state index is 0.0287. The lowest BCUT2D eigenvalue weighted by Crippen LogP contribution is -2.40. The number of aromatic nitrogens is 1. The maximum absolute atomic E-state index is 12.7. The molecule has 0 unspecified atom stereocenters. The Labute approximate surface area is 161 Å². The number of sulfonamides is 1. The highest BCUT2D eigenvalue weighted by Gasteiger charge is 2.27. The Balaban J connectivity index is 1.80. The Morgan fingerprint density at radius 1 is 1.19 bits per heavy atom. The summed E-state index contributed by atoms with van der Waals surface area (Å²) in [5.41, 5.74) is -0.151. The first kappa shape index (κ1) is 19.6. The predicted molar refractivity (Wildman–Crippen MR) is 100 cm³/mol. The maximum Gasteiger partial charge on any atom is 0.250 e. The Morgan fingerprint density at radius 3 is 2.63 bits per heavy atom. The van der Waals surface area contributed by atoms with Crippen LogP contribution in [0.5, 0.6) is 0 Å². The average molecular weight is 412 g/mol. The Morgan fingerprint density at radius 2 is 1.93 bits per heavy atom. The summed E-state index contributed by atoms with van der Waals surface area (Å²) in [6.07, 6.45) is 1.49. The zero-order valence-corrected chi connectivity index (χ0v) is 15.9. The zero-order valence-electron chi connectivity index (χ0n) is 14.3. The quantitative estimate of drug-likeness (QED) is 0.796. The van der Waals surface area contributed by atoms with Crippen LogP contribution in [0.25, 0.3) is 0 Å². The standard InChI is InChI=1S/C17H18ClN3O5S/c18-14-5-4-13(27(24,25)21-7-9-26-10-8-21)11-15(14)19-16(22)12-20-6-2-1-3-17(20)23/h1-6,11H,7-10,12H2,(H,19,22). The molecule has 2 aromatic rings. The first-order chi connectivity index (χ1) is 12.9. The zero-order chi connectivity index (χ0) is 19.4. The van der Waals surface area contributed by atoms with E-state index in [1.165, 1.54) is 39.3 Å². The van der Waals surface area contributed by atoms with Crippen LogP contribution in [0.15, 0.2) is 52.3 Å². The van der Waals surface area contributed by atoms with Crippen LogP contribution in [0.2, 0.25) is 5.02 Å². The molecule has 0 aliphatic carbocycles. The predicted octanol–water partition coefficient (Wildman–Crippen LogP) is 1.16. The number of morpholine rings is 1. The summed E-state index contributed by atoms with van der Waals surface area (Å²) in [6, 6.07) is 8.68. The van der Waals surface area contributed by atoms with Crippen LogP contribution in [0.3, 0.4) is 0 Å². The number of pyridine rings is 1. The van der Waals surface area contributed by atoms with Gasteiger partial charge in [0.1, 0.15) is 6.54 Å².